The van der Waals surface area contributed by atoms with Crippen LogP contribution in [-0.2, 0) is 11.3 Å². The Hall–Kier alpha value is -3.94. The van der Waals surface area contributed by atoms with Gasteiger partial charge in [0.1, 0.15) is 12.4 Å². The summed E-state index contributed by atoms with van der Waals surface area (Å²) in [5.74, 6) is 0.620. The van der Waals surface area contributed by atoms with Gasteiger partial charge in [-0.2, -0.15) is 5.10 Å². The Morgan fingerprint density at radius 3 is 2.55 bits per heavy atom. The van der Waals surface area contributed by atoms with Crippen molar-refractivity contribution in [2.75, 3.05) is 12.5 Å². The van der Waals surface area contributed by atoms with Crippen LogP contribution in [0.3, 0.4) is 0 Å². The molecule has 0 amide bonds. The molecule has 8 nitrogen and oxygen atoms in total. The van der Waals surface area contributed by atoms with Crippen LogP contribution in [0.15, 0.2) is 64.5 Å². The van der Waals surface area contributed by atoms with Gasteiger partial charge >= 0.3 is 5.97 Å². The van der Waals surface area contributed by atoms with Gasteiger partial charge in [0.2, 0.25) is 5.95 Å². The number of nitrogens with one attached hydrogen (secondary N) is 2. The number of hydrogen-bond donors (Lipinski definition) is 2. The number of ether oxygens (including phenoxy) is 2. The Bertz CT molecular complexity index is 1060. The molecule has 0 atom stereocenters. The molecule has 148 valence electrons. The number of anilines is 1. The second-order valence-corrected chi connectivity index (χ2v) is 6.15. The summed E-state index contributed by atoms with van der Waals surface area (Å²) in [5, 5.41) is 4.06. The summed E-state index contributed by atoms with van der Waals surface area (Å²) in [5.41, 5.74) is 5.34. The number of aromatic nitrogens is 2. The van der Waals surface area contributed by atoms with Gasteiger partial charge in [0, 0.05) is 11.8 Å². The summed E-state index contributed by atoms with van der Waals surface area (Å²) in [4.78, 5) is 29.5. The molecule has 0 radical (unpaired) electrons. The first kappa shape index (κ1) is 19.8. The van der Waals surface area contributed by atoms with E-state index in [4.69, 9.17) is 4.74 Å². The van der Waals surface area contributed by atoms with Crippen LogP contribution >= 0.6 is 0 Å². The SMILES string of the molecule is COC(=O)c1ccc(COc2ccc(/C=N/Nc3nc(C)cc(=O)[nH]3)cc2)cc1. The molecule has 0 aliphatic rings. The minimum Gasteiger partial charge on any atom is -0.489 e. The number of methoxy groups -OCH3 is 1. The number of esters is 1. The van der Waals surface area contributed by atoms with Crippen LogP contribution in [0.25, 0.3) is 0 Å². The first-order valence-electron chi connectivity index (χ1n) is 8.80. The minimum absolute atomic E-state index is 0.239. The molecule has 0 bridgehead atoms. The van der Waals surface area contributed by atoms with E-state index in [1.165, 1.54) is 13.2 Å². The van der Waals surface area contributed by atoms with Crippen LogP contribution in [0.1, 0.15) is 27.2 Å². The van der Waals surface area contributed by atoms with Gasteiger partial charge in [-0.25, -0.2) is 15.2 Å². The van der Waals surface area contributed by atoms with Gasteiger partial charge in [0.25, 0.3) is 5.56 Å². The van der Waals surface area contributed by atoms with Crippen LogP contribution in [0.5, 0.6) is 5.75 Å². The topological polar surface area (TPSA) is 106 Å². The van der Waals surface area contributed by atoms with E-state index in [1.807, 2.05) is 36.4 Å². The second-order valence-electron chi connectivity index (χ2n) is 6.15. The van der Waals surface area contributed by atoms with E-state index < -0.39 is 0 Å². The first-order chi connectivity index (χ1) is 14.0. The average molecular weight is 392 g/mol. The van der Waals surface area contributed by atoms with Crippen molar-refractivity contribution >= 4 is 18.1 Å². The Balaban J connectivity index is 1.53. The first-order valence-corrected chi connectivity index (χ1v) is 8.80. The lowest BCUT2D eigenvalue weighted by molar-refractivity contribution is 0.0600. The molecular weight excluding hydrogens is 372 g/mol. The van der Waals surface area contributed by atoms with Gasteiger partial charge in [0.15, 0.2) is 0 Å². The highest BCUT2D eigenvalue weighted by atomic mass is 16.5. The van der Waals surface area contributed by atoms with E-state index in [0.717, 1.165) is 11.1 Å². The molecule has 1 heterocycles. The molecule has 0 saturated carbocycles. The Morgan fingerprint density at radius 1 is 1.17 bits per heavy atom. The predicted molar refractivity (Wildman–Crippen MR) is 109 cm³/mol. The second kappa shape index (κ2) is 9.32. The summed E-state index contributed by atoms with van der Waals surface area (Å²) < 4.78 is 10.4. The lowest BCUT2D eigenvalue weighted by Gasteiger charge is -2.07. The number of carbonyl (C=O) groups is 1. The van der Waals surface area contributed by atoms with Crippen LogP contribution in [0.2, 0.25) is 0 Å². The highest BCUT2D eigenvalue weighted by Crippen LogP contribution is 2.14. The molecule has 3 aromatic rings. The van der Waals surface area contributed by atoms with Crippen molar-refractivity contribution in [3.63, 3.8) is 0 Å². The molecule has 0 spiro atoms. The van der Waals surface area contributed by atoms with Gasteiger partial charge in [-0.05, 0) is 54.4 Å². The Labute approximate surface area is 167 Å². The van der Waals surface area contributed by atoms with Crippen molar-refractivity contribution in [1.29, 1.82) is 0 Å². The largest absolute Gasteiger partial charge is 0.489 e. The van der Waals surface area contributed by atoms with Crippen molar-refractivity contribution in [3.8, 4) is 5.75 Å². The van der Waals surface area contributed by atoms with Crippen LogP contribution in [0.4, 0.5) is 5.95 Å². The third-order valence-corrected chi connectivity index (χ3v) is 3.91. The molecule has 2 aromatic carbocycles. The summed E-state index contributed by atoms with van der Waals surface area (Å²) >= 11 is 0. The fraction of sp³-hybridized carbons (Fsp3) is 0.143. The number of hydrogen-bond acceptors (Lipinski definition) is 7. The normalized spacial score (nSPS) is 10.7. The van der Waals surface area contributed by atoms with Crippen molar-refractivity contribution in [1.82, 2.24) is 9.97 Å². The van der Waals surface area contributed by atoms with Gasteiger partial charge in [-0.15, -0.1) is 0 Å². The molecular formula is C21H20N4O4. The van der Waals surface area contributed by atoms with E-state index in [-0.39, 0.29) is 17.5 Å². The zero-order valence-corrected chi connectivity index (χ0v) is 16.0. The summed E-state index contributed by atoms with van der Waals surface area (Å²) in [6.45, 7) is 2.11. The summed E-state index contributed by atoms with van der Waals surface area (Å²) in [7, 11) is 1.35. The van der Waals surface area contributed by atoms with E-state index in [9.17, 15) is 9.59 Å². The van der Waals surface area contributed by atoms with E-state index in [0.29, 0.717) is 23.6 Å². The van der Waals surface area contributed by atoms with E-state index in [2.05, 4.69) is 25.2 Å². The lowest BCUT2D eigenvalue weighted by atomic mass is 10.1. The maximum atomic E-state index is 11.4. The van der Waals surface area contributed by atoms with Crippen LogP contribution < -0.4 is 15.7 Å². The molecule has 0 unspecified atom stereocenters. The Kier molecular flexibility index (Phi) is 6.36. The summed E-state index contributed by atoms with van der Waals surface area (Å²) in [6, 6.07) is 15.8. The van der Waals surface area contributed by atoms with Crippen molar-refractivity contribution in [3.05, 3.63) is 87.3 Å². The lowest BCUT2D eigenvalue weighted by Crippen LogP contribution is -2.10. The highest BCUT2D eigenvalue weighted by Gasteiger charge is 2.04. The molecule has 3 rings (SSSR count). The third kappa shape index (κ3) is 5.77. The molecule has 0 aliphatic heterocycles. The minimum atomic E-state index is -0.367. The molecule has 0 fully saturated rings. The number of H-pyrrole nitrogens is 1. The van der Waals surface area contributed by atoms with Crippen molar-refractivity contribution in [2.24, 2.45) is 5.10 Å². The number of nitrogens with zero attached hydrogens (tertiary/aromatic N) is 2. The number of carbonyl (C=O) groups excluding carboxylic acids is 1. The highest BCUT2D eigenvalue weighted by molar-refractivity contribution is 5.89. The number of aromatic amines is 1. The van der Waals surface area contributed by atoms with Crippen molar-refractivity contribution in [2.45, 2.75) is 13.5 Å². The van der Waals surface area contributed by atoms with Gasteiger partial charge in [0.05, 0.1) is 18.9 Å². The summed E-state index contributed by atoms with van der Waals surface area (Å²) in [6.07, 6.45) is 1.61. The van der Waals surface area contributed by atoms with Gasteiger partial charge < -0.3 is 9.47 Å². The molecule has 0 saturated heterocycles. The molecule has 0 aliphatic carbocycles. The fourth-order valence-electron chi connectivity index (χ4n) is 2.47. The number of hydrazone groups is 1. The molecule has 1 aromatic heterocycles. The maximum absolute atomic E-state index is 11.4. The third-order valence-electron chi connectivity index (χ3n) is 3.91. The van der Waals surface area contributed by atoms with Crippen LogP contribution in [0, 0.1) is 6.92 Å². The fourth-order valence-corrected chi connectivity index (χ4v) is 2.47. The number of rotatable bonds is 7. The van der Waals surface area contributed by atoms with Crippen molar-refractivity contribution < 1.29 is 14.3 Å². The maximum Gasteiger partial charge on any atom is 0.337 e. The molecule has 2 N–H and O–H groups in total. The quantitative estimate of drug-likeness (QED) is 0.364. The smallest absolute Gasteiger partial charge is 0.337 e. The zero-order valence-electron chi connectivity index (χ0n) is 16.0. The molecule has 8 heteroatoms. The van der Waals surface area contributed by atoms with E-state index >= 15 is 0 Å². The standard InChI is InChI=1S/C21H20N4O4/c1-14-11-19(26)24-21(23-14)25-22-12-15-5-9-18(10-6-15)29-13-16-3-7-17(8-4-16)20(27)28-2/h3-12H,13H2,1-2H3,(H2,23,24,25,26)/b22-12+. The number of aryl methyl sites for hydroxylation is 1. The Morgan fingerprint density at radius 2 is 1.90 bits per heavy atom. The monoisotopic (exact) mass is 392 g/mol. The van der Waals surface area contributed by atoms with Gasteiger partial charge in [-0.3, -0.25) is 9.78 Å². The van der Waals surface area contributed by atoms with Gasteiger partial charge in [-0.1, -0.05) is 12.1 Å². The van der Waals surface area contributed by atoms with Crippen LogP contribution in [-0.4, -0.2) is 29.3 Å². The molecule has 29 heavy (non-hydrogen) atoms. The number of benzene rings is 2. The van der Waals surface area contributed by atoms with E-state index in [1.54, 1.807) is 25.3 Å². The zero-order chi connectivity index (χ0) is 20.6. The predicted octanol–water partition coefficient (Wildman–Crippen LogP) is 2.89. The average Bonchev–Trinajstić information content (AvgIpc) is 2.72.